The third kappa shape index (κ3) is 4.97. The van der Waals surface area contributed by atoms with E-state index in [0.29, 0.717) is 0 Å². The van der Waals surface area contributed by atoms with E-state index in [1.807, 2.05) is 12.4 Å². The first kappa shape index (κ1) is 16.2. The van der Waals surface area contributed by atoms with E-state index in [2.05, 4.69) is 61.0 Å². The van der Waals surface area contributed by atoms with Crippen LogP contribution in [0.3, 0.4) is 0 Å². The molecule has 2 heterocycles. The molecule has 4 heteroatoms. The van der Waals surface area contributed by atoms with E-state index in [1.54, 1.807) is 0 Å². The van der Waals surface area contributed by atoms with Crippen LogP contribution in [0.1, 0.15) is 32.8 Å². The third-order valence-corrected chi connectivity index (χ3v) is 4.12. The molecule has 1 aromatic heterocycles. The van der Waals surface area contributed by atoms with Crippen molar-refractivity contribution in [2.45, 2.75) is 39.3 Å². The van der Waals surface area contributed by atoms with E-state index < -0.39 is 0 Å². The first-order valence-electron chi connectivity index (χ1n) is 7.93. The molecule has 0 aliphatic carbocycles. The van der Waals surface area contributed by atoms with Gasteiger partial charge in [-0.3, -0.25) is 4.98 Å². The summed E-state index contributed by atoms with van der Waals surface area (Å²) < 4.78 is 0. The molecular weight excluding hydrogens is 260 g/mol. The van der Waals surface area contributed by atoms with Gasteiger partial charge < -0.3 is 15.1 Å². The standard InChI is InChI=1S/C17H30N4/c1-17(2,3)19-11-15-10-18-8-6-16(15)21(5)13-14-7-9-20(4)12-14/h6,8,10,14,19H,7,9,11-13H2,1-5H3. The van der Waals surface area contributed by atoms with Gasteiger partial charge in [-0.2, -0.15) is 0 Å². The maximum Gasteiger partial charge on any atom is 0.0440 e. The van der Waals surface area contributed by atoms with Crippen LogP contribution in [0.5, 0.6) is 0 Å². The van der Waals surface area contributed by atoms with Crippen LogP contribution in [0.15, 0.2) is 18.5 Å². The Morgan fingerprint density at radius 3 is 2.81 bits per heavy atom. The lowest BCUT2D eigenvalue weighted by Crippen LogP contribution is -2.36. The van der Waals surface area contributed by atoms with E-state index >= 15 is 0 Å². The maximum atomic E-state index is 4.30. The van der Waals surface area contributed by atoms with Gasteiger partial charge in [0, 0.05) is 55.9 Å². The Morgan fingerprint density at radius 1 is 1.43 bits per heavy atom. The minimum absolute atomic E-state index is 0.125. The van der Waals surface area contributed by atoms with Crippen molar-refractivity contribution < 1.29 is 0 Å². The van der Waals surface area contributed by atoms with Crippen molar-refractivity contribution in [1.82, 2.24) is 15.2 Å². The van der Waals surface area contributed by atoms with Gasteiger partial charge in [0.15, 0.2) is 0 Å². The van der Waals surface area contributed by atoms with E-state index in [-0.39, 0.29) is 5.54 Å². The summed E-state index contributed by atoms with van der Waals surface area (Å²) in [5.74, 6) is 0.775. The van der Waals surface area contributed by atoms with Crippen molar-refractivity contribution in [3.05, 3.63) is 24.0 Å². The van der Waals surface area contributed by atoms with Crippen molar-refractivity contribution in [2.24, 2.45) is 5.92 Å². The zero-order chi connectivity index (χ0) is 15.5. The molecule has 21 heavy (non-hydrogen) atoms. The fourth-order valence-corrected chi connectivity index (χ4v) is 2.95. The predicted molar refractivity (Wildman–Crippen MR) is 89.7 cm³/mol. The summed E-state index contributed by atoms with van der Waals surface area (Å²) in [6, 6.07) is 2.14. The minimum atomic E-state index is 0.125. The molecule has 0 radical (unpaired) electrons. The lowest BCUT2D eigenvalue weighted by molar-refractivity contribution is 0.395. The van der Waals surface area contributed by atoms with Gasteiger partial charge in [-0.25, -0.2) is 0 Å². The fourth-order valence-electron chi connectivity index (χ4n) is 2.95. The third-order valence-electron chi connectivity index (χ3n) is 4.12. The average molecular weight is 290 g/mol. The molecule has 0 aromatic carbocycles. The molecule has 0 bridgehead atoms. The second-order valence-electron chi connectivity index (χ2n) is 7.41. The summed E-state index contributed by atoms with van der Waals surface area (Å²) in [6.45, 7) is 11.0. The quantitative estimate of drug-likeness (QED) is 0.902. The van der Waals surface area contributed by atoms with Crippen LogP contribution < -0.4 is 10.2 Å². The summed E-state index contributed by atoms with van der Waals surface area (Å²) in [5, 5.41) is 3.56. The molecule has 2 rings (SSSR count). The lowest BCUT2D eigenvalue weighted by Gasteiger charge is -2.27. The number of hydrogen-bond donors (Lipinski definition) is 1. The highest BCUT2D eigenvalue weighted by Crippen LogP contribution is 2.22. The van der Waals surface area contributed by atoms with Crippen LogP contribution in [0.4, 0.5) is 5.69 Å². The van der Waals surface area contributed by atoms with Crippen molar-refractivity contribution in [3.63, 3.8) is 0 Å². The predicted octanol–water partition coefficient (Wildman–Crippen LogP) is 2.36. The number of rotatable bonds is 5. The number of pyridine rings is 1. The van der Waals surface area contributed by atoms with Crippen molar-refractivity contribution in [3.8, 4) is 0 Å². The molecule has 0 saturated carbocycles. The van der Waals surface area contributed by atoms with E-state index in [9.17, 15) is 0 Å². The Balaban J connectivity index is 2.01. The second kappa shape index (κ2) is 6.75. The Labute approximate surface area is 129 Å². The summed E-state index contributed by atoms with van der Waals surface area (Å²) in [5.41, 5.74) is 2.71. The first-order chi connectivity index (χ1) is 9.85. The van der Waals surface area contributed by atoms with Crippen LogP contribution in [-0.4, -0.2) is 49.2 Å². The molecule has 1 unspecified atom stereocenters. The Morgan fingerprint density at radius 2 is 2.19 bits per heavy atom. The topological polar surface area (TPSA) is 31.4 Å². The zero-order valence-electron chi connectivity index (χ0n) is 14.2. The van der Waals surface area contributed by atoms with Gasteiger partial charge in [-0.1, -0.05) is 0 Å². The number of aromatic nitrogens is 1. The Hall–Kier alpha value is -1.13. The molecule has 1 aliphatic heterocycles. The highest BCUT2D eigenvalue weighted by atomic mass is 15.2. The minimum Gasteiger partial charge on any atom is -0.374 e. The molecule has 0 spiro atoms. The Kier molecular flexibility index (Phi) is 5.22. The number of nitrogens with one attached hydrogen (secondary N) is 1. The molecule has 1 aromatic rings. The van der Waals surface area contributed by atoms with Gasteiger partial charge >= 0.3 is 0 Å². The van der Waals surface area contributed by atoms with E-state index in [1.165, 1.54) is 30.8 Å². The van der Waals surface area contributed by atoms with Gasteiger partial charge in [-0.05, 0) is 52.8 Å². The van der Waals surface area contributed by atoms with E-state index in [0.717, 1.165) is 19.0 Å². The normalized spacial score (nSPS) is 20.0. The molecule has 1 fully saturated rings. The molecular formula is C17H30N4. The summed E-state index contributed by atoms with van der Waals surface area (Å²) in [7, 11) is 4.42. The SMILES string of the molecule is CN1CCC(CN(C)c2ccncc2CNC(C)(C)C)C1. The largest absolute Gasteiger partial charge is 0.374 e. The van der Waals surface area contributed by atoms with E-state index in [4.69, 9.17) is 0 Å². The molecule has 4 nitrogen and oxygen atoms in total. The van der Waals surface area contributed by atoms with Crippen LogP contribution in [0.2, 0.25) is 0 Å². The van der Waals surface area contributed by atoms with Gasteiger partial charge in [-0.15, -0.1) is 0 Å². The average Bonchev–Trinajstić information content (AvgIpc) is 2.81. The van der Waals surface area contributed by atoms with Gasteiger partial charge in [0.25, 0.3) is 0 Å². The Bertz CT molecular complexity index is 452. The van der Waals surface area contributed by atoms with Crippen molar-refractivity contribution in [1.29, 1.82) is 0 Å². The number of hydrogen-bond acceptors (Lipinski definition) is 4. The van der Waals surface area contributed by atoms with Crippen LogP contribution in [0, 0.1) is 5.92 Å². The highest BCUT2D eigenvalue weighted by molar-refractivity contribution is 5.51. The summed E-state index contributed by atoms with van der Waals surface area (Å²) >= 11 is 0. The highest BCUT2D eigenvalue weighted by Gasteiger charge is 2.21. The maximum absolute atomic E-state index is 4.30. The second-order valence-corrected chi connectivity index (χ2v) is 7.41. The first-order valence-corrected chi connectivity index (χ1v) is 7.93. The van der Waals surface area contributed by atoms with Crippen LogP contribution >= 0.6 is 0 Å². The molecule has 1 aliphatic rings. The molecule has 1 saturated heterocycles. The number of nitrogens with zero attached hydrogens (tertiary/aromatic N) is 3. The zero-order valence-corrected chi connectivity index (χ0v) is 14.2. The number of likely N-dealkylation sites (tertiary alicyclic amines) is 1. The van der Waals surface area contributed by atoms with Gasteiger partial charge in [0.1, 0.15) is 0 Å². The lowest BCUT2D eigenvalue weighted by atomic mass is 10.1. The molecule has 0 amide bonds. The van der Waals surface area contributed by atoms with Crippen molar-refractivity contribution >= 4 is 5.69 Å². The molecule has 1 atom stereocenters. The molecule has 118 valence electrons. The van der Waals surface area contributed by atoms with Crippen LogP contribution in [0.25, 0.3) is 0 Å². The van der Waals surface area contributed by atoms with Gasteiger partial charge in [0.2, 0.25) is 0 Å². The summed E-state index contributed by atoms with van der Waals surface area (Å²) in [6.07, 6.45) is 5.19. The smallest absolute Gasteiger partial charge is 0.0440 e. The van der Waals surface area contributed by atoms with Crippen molar-refractivity contribution in [2.75, 3.05) is 38.6 Å². The van der Waals surface area contributed by atoms with Gasteiger partial charge in [0.05, 0.1) is 0 Å². The fraction of sp³-hybridized carbons (Fsp3) is 0.706. The van der Waals surface area contributed by atoms with Crippen LogP contribution in [-0.2, 0) is 6.54 Å². The monoisotopic (exact) mass is 290 g/mol. The number of anilines is 1. The molecule has 1 N–H and O–H groups in total. The summed E-state index contributed by atoms with van der Waals surface area (Å²) in [4.78, 5) is 9.12.